The van der Waals surface area contributed by atoms with E-state index in [4.69, 9.17) is 9.51 Å². The Balaban J connectivity index is 0.00000182. The minimum Gasteiger partial charge on any atom is -0.339 e. The smallest absolute Gasteiger partial charge is 0.233 e. The fourth-order valence-corrected chi connectivity index (χ4v) is 4.87. The second-order valence-electron chi connectivity index (χ2n) is 7.81. The molecule has 5 heteroatoms. The molecule has 4 nitrogen and oxygen atoms in total. The van der Waals surface area contributed by atoms with Gasteiger partial charge in [-0.05, 0) is 57.1 Å². The predicted octanol–water partition coefficient (Wildman–Crippen LogP) is 3.94. The molecule has 2 aliphatic rings. The third-order valence-corrected chi connectivity index (χ3v) is 6.21. The number of aromatic nitrogens is 2. The fraction of sp³-hybridized carbons (Fsp3) is 0.600. The lowest BCUT2D eigenvalue weighted by Crippen LogP contribution is -2.35. The molecule has 0 spiro atoms. The van der Waals surface area contributed by atoms with Crippen molar-refractivity contribution in [2.45, 2.75) is 56.9 Å². The van der Waals surface area contributed by atoms with Crippen LogP contribution >= 0.6 is 12.4 Å². The molecular formula is C20H28ClN3O. The van der Waals surface area contributed by atoms with Gasteiger partial charge in [-0.2, -0.15) is 4.98 Å². The van der Waals surface area contributed by atoms with Gasteiger partial charge in [0.2, 0.25) is 5.89 Å². The molecule has 1 aromatic carbocycles. The van der Waals surface area contributed by atoms with E-state index in [1.807, 2.05) is 7.05 Å². The van der Waals surface area contributed by atoms with Crippen molar-refractivity contribution in [1.29, 1.82) is 0 Å². The number of nitrogens with one attached hydrogen (secondary N) is 1. The van der Waals surface area contributed by atoms with Crippen LogP contribution in [0, 0.1) is 11.8 Å². The average Bonchev–Trinajstić information content (AvgIpc) is 3.31. The SMILES string of the molecule is CNC(C)Cc1noc(C2(Cc3ccccc3)CC3CCC2C3)n1.Cl. The van der Waals surface area contributed by atoms with Crippen LogP contribution in [0.15, 0.2) is 34.9 Å². The summed E-state index contributed by atoms with van der Waals surface area (Å²) in [5, 5.41) is 7.54. The van der Waals surface area contributed by atoms with Gasteiger partial charge >= 0.3 is 0 Å². The summed E-state index contributed by atoms with van der Waals surface area (Å²) in [7, 11) is 1.97. The van der Waals surface area contributed by atoms with Crippen molar-refractivity contribution in [1.82, 2.24) is 15.5 Å². The maximum atomic E-state index is 5.83. The number of rotatable bonds is 6. The van der Waals surface area contributed by atoms with Gasteiger partial charge in [0.1, 0.15) is 0 Å². The summed E-state index contributed by atoms with van der Waals surface area (Å²) < 4.78 is 5.83. The number of benzene rings is 1. The van der Waals surface area contributed by atoms with Crippen molar-refractivity contribution < 1.29 is 4.52 Å². The highest BCUT2D eigenvalue weighted by atomic mass is 35.5. The first-order chi connectivity index (χ1) is 11.7. The van der Waals surface area contributed by atoms with Crippen LogP contribution in [0.4, 0.5) is 0 Å². The summed E-state index contributed by atoms with van der Waals surface area (Å²) in [5.41, 5.74) is 1.44. The molecule has 0 radical (unpaired) electrons. The molecule has 1 N–H and O–H groups in total. The topological polar surface area (TPSA) is 51.0 Å². The quantitative estimate of drug-likeness (QED) is 0.846. The first-order valence-electron chi connectivity index (χ1n) is 9.24. The molecule has 2 aromatic rings. The van der Waals surface area contributed by atoms with Crippen LogP contribution in [0.3, 0.4) is 0 Å². The lowest BCUT2D eigenvalue weighted by atomic mass is 9.69. The number of fused-ring (bicyclic) bond motifs is 2. The Hall–Kier alpha value is -1.39. The van der Waals surface area contributed by atoms with E-state index in [9.17, 15) is 0 Å². The minimum atomic E-state index is 0. The van der Waals surface area contributed by atoms with Gasteiger partial charge in [-0.25, -0.2) is 0 Å². The molecule has 2 aliphatic carbocycles. The third-order valence-electron chi connectivity index (χ3n) is 6.21. The standard InChI is InChI=1S/C20H27N3O.ClH/c1-14(21-2)10-18-22-19(24-23-18)20(12-15-6-4-3-5-7-15)13-16-8-9-17(20)11-16;/h3-7,14,16-17,21H,8-13H2,1-2H3;1H. The molecule has 4 rings (SSSR count). The van der Waals surface area contributed by atoms with Gasteiger partial charge in [0.15, 0.2) is 5.82 Å². The zero-order chi connectivity index (χ0) is 16.6. The fourth-order valence-electron chi connectivity index (χ4n) is 4.87. The zero-order valence-electron chi connectivity index (χ0n) is 15.1. The van der Waals surface area contributed by atoms with Gasteiger partial charge in [0, 0.05) is 12.5 Å². The molecular weight excluding hydrogens is 334 g/mol. The molecule has 2 bridgehead atoms. The van der Waals surface area contributed by atoms with Crippen LogP contribution in [-0.2, 0) is 18.3 Å². The summed E-state index contributed by atoms with van der Waals surface area (Å²) in [6.07, 6.45) is 7.06. The lowest BCUT2D eigenvalue weighted by molar-refractivity contribution is 0.193. The lowest BCUT2D eigenvalue weighted by Gasteiger charge is -2.34. The first-order valence-corrected chi connectivity index (χ1v) is 9.24. The average molecular weight is 362 g/mol. The van der Waals surface area contributed by atoms with Crippen LogP contribution in [0.1, 0.15) is 49.9 Å². The van der Waals surface area contributed by atoms with Crippen LogP contribution in [0.25, 0.3) is 0 Å². The molecule has 0 saturated heterocycles. The number of likely N-dealkylation sites (N-methyl/N-ethyl adjacent to an activating group) is 1. The van der Waals surface area contributed by atoms with E-state index in [0.717, 1.165) is 30.5 Å². The molecule has 1 heterocycles. The number of halogens is 1. The second kappa shape index (κ2) is 7.46. The highest BCUT2D eigenvalue weighted by molar-refractivity contribution is 5.85. The van der Waals surface area contributed by atoms with Gasteiger partial charge in [-0.3, -0.25) is 0 Å². The molecule has 1 aromatic heterocycles. The maximum absolute atomic E-state index is 5.83. The Bertz CT molecular complexity index is 689. The van der Waals surface area contributed by atoms with Crippen molar-refractivity contribution in [2.24, 2.45) is 11.8 Å². The summed E-state index contributed by atoms with van der Waals surface area (Å²) >= 11 is 0. The highest BCUT2D eigenvalue weighted by Crippen LogP contribution is 2.57. The normalized spacial score (nSPS) is 28.7. The van der Waals surface area contributed by atoms with Gasteiger partial charge in [0.25, 0.3) is 0 Å². The van der Waals surface area contributed by atoms with E-state index >= 15 is 0 Å². The van der Waals surface area contributed by atoms with E-state index in [2.05, 4.69) is 47.7 Å². The van der Waals surface area contributed by atoms with Gasteiger partial charge < -0.3 is 9.84 Å². The Morgan fingerprint density at radius 1 is 1.28 bits per heavy atom. The molecule has 0 aliphatic heterocycles. The van der Waals surface area contributed by atoms with E-state index in [0.29, 0.717) is 12.0 Å². The van der Waals surface area contributed by atoms with Crippen LogP contribution < -0.4 is 5.32 Å². The monoisotopic (exact) mass is 361 g/mol. The molecule has 4 unspecified atom stereocenters. The summed E-state index contributed by atoms with van der Waals surface area (Å²) in [6, 6.07) is 11.2. The molecule has 2 fully saturated rings. The van der Waals surface area contributed by atoms with E-state index < -0.39 is 0 Å². The van der Waals surface area contributed by atoms with Gasteiger partial charge in [-0.15, -0.1) is 12.4 Å². The molecule has 2 saturated carbocycles. The van der Waals surface area contributed by atoms with Crippen LogP contribution in [0.2, 0.25) is 0 Å². The Morgan fingerprint density at radius 2 is 2.08 bits per heavy atom. The van der Waals surface area contributed by atoms with E-state index in [-0.39, 0.29) is 17.8 Å². The van der Waals surface area contributed by atoms with Crippen molar-refractivity contribution in [3.63, 3.8) is 0 Å². The zero-order valence-corrected chi connectivity index (χ0v) is 15.9. The van der Waals surface area contributed by atoms with Crippen LogP contribution in [0.5, 0.6) is 0 Å². The predicted molar refractivity (Wildman–Crippen MR) is 101 cm³/mol. The number of hydrogen-bond acceptors (Lipinski definition) is 4. The molecule has 0 amide bonds. The highest BCUT2D eigenvalue weighted by Gasteiger charge is 2.55. The Kier molecular flexibility index (Phi) is 5.49. The summed E-state index contributed by atoms with van der Waals surface area (Å²) in [6.45, 7) is 2.15. The van der Waals surface area contributed by atoms with Crippen molar-refractivity contribution in [2.75, 3.05) is 7.05 Å². The first kappa shape index (κ1) is 18.4. The van der Waals surface area contributed by atoms with E-state index in [1.54, 1.807) is 0 Å². The third kappa shape index (κ3) is 3.47. The van der Waals surface area contributed by atoms with Crippen molar-refractivity contribution in [3.8, 4) is 0 Å². The summed E-state index contributed by atoms with van der Waals surface area (Å²) in [4.78, 5) is 4.85. The molecule has 25 heavy (non-hydrogen) atoms. The summed E-state index contributed by atoms with van der Waals surface area (Å²) in [5.74, 6) is 3.25. The second-order valence-corrected chi connectivity index (χ2v) is 7.81. The minimum absolute atomic E-state index is 0. The maximum Gasteiger partial charge on any atom is 0.233 e. The molecule has 4 atom stereocenters. The number of nitrogens with zero attached hydrogens (tertiary/aromatic N) is 2. The van der Waals surface area contributed by atoms with Crippen molar-refractivity contribution >= 4 is 12.4 Å². The molecule has 136 valence electrons. The van der Waals surface area contributed by atoms with Crippen molar-refractivity contribution in [3.05, 3.63) is 47.6 Å². The van der Waals surface area contributed by atoms with Gasteiger partial charge in [-0.1, -0.05) is 41.9 Å². The Morgan fingerprint density at radius 3 is 2.72 bits per heavy atom. The largest absolute Gasteiger partial charge is 0.339 e. The van der Waals surface area contributed by atoms with E-state index in [1.165, 1.54) is 31.2 Å². The van der Waals surface area contributed by atoms with Gasteiger partial charge in [0.05, 0.1) is 5.41 Å². The Labute approximate surface area is 156 Å². The number of hydrogen-bond donors (Lipinski definition) is 1. The van der Waals surface area contributed by atoms with Crippen LogP contribution in [-0.4, -0.2) is 23.2 Å².